The van der Waals surface area contributed by atoms with E-state index >= 15 is 0 Å². The van der Waals surface area contributed by atoms with Gasteiger partial charge < -0.3 is 24.0 Å². The van der Waals surface area contributed by atoms with Gasteiger partial charge in [-0.15, -0.1) is 0 Å². The number of hydrogen-bond donors (Lipinski definition) is 1. The number of ether oxygens (including phenoxy) is 2. The quantitative estimate of drug-likeness (QED) is 0.791. The number of likely N-dealkylation sites (tertiary alicyclic amines) is 1. The van der Waals surface area contributed by atoms with Gasteiger partial charge in [-0.25, -0.2) is 4.98 Å². The third kappa shape index (κ3) is 3.30. The van der Waals surface area contributed by atoms with Gasteiger partial charge in [-0.05, 0) is 18.8 Å². The molecule has 1 aliphatic heterocycles. The Bertz CT molecular complexity index is 914. The SMILES string of the molecule is COc1ncc(C2(O)[C@H]3CCC[C@H]2CN(C(=O)c2cc(C(C)C)no2)C3)c(OC)n1. The number of aliphatic hydroxyl groups is 1. The Morgan fingerprint density at radius 1 is 1.27 bits per heavy atom. The van der Waals surface area contributed by atoms with E-state index in [-0.39, 0.29) is 35.4 Å². The maximum absolute atomic E-state index is 13.1. The van der Waals surface area contributed by atoms with Crippen LogP contribution >= 0.6 is 0 Å². The van der Waals surface area contributed by atoms with Crippen molar-refractivity contribution in [1.29, 1.82) is 0 Å². The Labute approximate surface area is 175 Å². The Balaban J connectivity index is 1.63. The molecule has 0 radical (unpaired) electrons. The molecule has 2 aromatic heterocycles. The minimum Gasteiger partial charge on any atom is -0.481 e. The first-order valence-electron chi connectivity index (χ1n) is 10.3. The van der Waals surface area contributed by atoms with E-state index in [2.05, 4.69) is 15.1 Å². The monoisotopic (exact) mass is 416 g/mol. The first kappa shape index (κ1) is 20.6. The van der Waals surface area contributed by atoms with E-state index in [0.29, 0.717) is 24.5 Å². The first-order valence-corrected chi connectivity index (χ1v) is 10.3. The highest BCUT2D eigenvalue weighted by Crippen LogP contribution is 2.51. The van der Waals surface area contributed by atoms with E-state index in [1.165, 1.54) is 14.2 Å². The van der Waals surface area contributed by atoms with Crippen LogP contribution in [0.1, 0.15) is 60.8 Å². The number of piperidine rings is 1. The van der Waals surface area contributed by atoms with E-state index in [0.717, 1.165) is 25.0 Å². The van der Waals surface area contributed by atoms with Crippen LogP contribution in [0.5, 0.6) is 11.9 Å². The van der Waals surface area contributed by atoms with Crippen LogP contribution in [0.3, 0.4) is 0 Å². The molecule has 2 bridgehead atoms. The molecule has 2 atom stereocenters. The van der Waals surface area contributed by atoms with Gasteiger partial charge in [-0.1, -0.05) is 25.4 Å². The van der Waals surface area contributed by atoms with Gasteiger partial charge in [0.25, 0.3) is 5.91 Å². The molecular weight excluding hydrogens is 388 g/mol. The Morgan fingerprint density at radius 3 is 2.53 bits per heavy atom. The first-order chi connectivity index (χ1) is 14.4. The van der Waals surface area contributed by atoms with Crippen molar-refractivity contribution in [3.8, 4) is 11.9 Å². The van der Waals surface area contributed by atoms with E-state index < -0.39 is 5.60 Å². The molecule has 1 N–H and O–H groups in total. The average Bonchev–Trinajstić information content (AvgIpc) is 3.23. The number of hydrogen-bond acceptors (Lipinski definition) is 8. The number of rotatable bonds is 5. The van der Waals surface area contributed by atoms with Crippen molar-refractivity contribution in [2.75, 3.05) is 27.3 Å². The Kier molecular flexibility index (Phi) is 5.40. The molecule has 9 heteroatoms. The highest BCUT2D eigenvalue weighted by molar-refractivity contribution is 5.91. The van der Waals surface area contributed by atoms with Crippen LogP contribution < -0.4 is 9.47 Å². The lowest BCUT2D eigenvalue weighted by Gasteiger charge is -2.52. The maximum atomic E-state index is 13.1. The fourth-order valence-electron chi connectivity index (χ4n) is 4.75. The summed E-state index contributed by atoms with van der Waals surface area (Å²) in [6.07, 6.45) is 4.16. The third-order valence-electron chi connectivity index (χ3n) is 6.39. The normalized spacial score (nSPS) is 26.0. The average molecular weight is 416 g/mol. The van der Waals surface area contributed by atoms with Crippen LogP contribution in [0.2, 0.25) is 0 Å². The van der Waals surface area contributed by atoms with Crippen molar-refractivity contribution in [3.05, 3.63) is 29.3 Å². The number of carbonyl (C=O) groups excluding carboxylic acids is 1. The summed E-state index contributed by atoms with van der Waals surface area (Å²) in [7, 11) is 3.00. The number of fused-ring (bicyclic) bond motifs is 2. The molecule has 1 amide bonds. The van der Waals surface area contributed by atoms with Crippen molar-refractivity contribution >= 4 is 5.91 Å². The minimum absolute atomic E-state index is 0.160. The molecule has 30 heavy (non-hydrogen) atoms. The van der Waals surface area contributed by atoms with Gasteiger partial charge in [0, 0.05) is 37.2 Å². The van der Waals surface area contributed by atoms with E-state index in [4.69, 9.17) is 14.0 Å². The van der Waals surface area contributed by atoms with Crippen LogP contribution in [0.4, 0.5) is 0 Å². The van der Waals surface area contributed by atoms with Gasteiger partial charge >= 0.3 is 6.01 Å². The highest BCUT2D eigenvalue weighted by Gasteiger charge is 2.54. The molecule has 1 saturated heterocycles. The number of nitrogens with zero attached hydrogens (tertiary/aromatic N) is 4. The summed E-state index contributed by atoms with van der Waals surface area (Å²) >= 11 is 0. The maximum Gasteiger partial charge on any atom is 0.319 e. The van der Waals surface area contributed by atoms with Crippen molar-refractivity contribution in [2.24, 2.45) is 11.8 Å². The predicted octanol–water partition coefficient (Wildman–Crippen LogP) is 2.37. The fourth-order valence-corrected chi connectivity index (χ4v) is 4.75. The van der Waals surface area contributed by atoms with Crippen LogP contribution in [-0.4, -0.2) is 58.3 Å². The lowest BCUT2D eigenvalue weighted by molar-refractivity contribution is -0.141. The number of amides is 1. The molecule has 1 aliphatic carbocycles. The molecule has 2 fully saturated rings. The summed E-state index contributed by atoms with van der Waals surface area (Å²) in [5.41, 5.74) is 0.137. The van der Waals surface area contributed by atoms with Gasteiger partial charge in [0.15, 0.2) is 0 Å². The largest absolute Gasteiger partial charge is 0.481 e. The number of carbonyl (C=O) groups is 1. The van der Waals surface area contributed by atoms with Crippen LogP contribution in [0, 0.1) is 11.8 Å². The zero-order valence-corrected chi connectivity index (χ0v) is 17.8. The van der Waals surface area contributed by atoms with Crippen molar-refractivity contribution in [2.45, 2.75) is 44.6 Å². The molecule has 4 rings (SSSR count). The second-order valence-corrected chi connectivity index (χ2v) is 8.41. The molecule has 0 aromatic carbocycles. The van der Waals surface area contributed by atoms with Gasteiger partial charge in [0.1, 0.15) is 5.60 Å². The molecular formula is C21H28N4O5. The lowest BCUT2D eigenvalue weighted by Crippen LogP contribution is -2.59. The zero-order valence-electron chi connectivity index (χ0n) is 17.8. The Hall–Kier alpha value is -2.68. The lowest BCUT2D eigenvalue weighted by atomic mass is 9.63. The summed E-state index contributed by atoms with van der Waals surface area (Å²) in [5.74, 6) is 0.222. The van der Waals surface area contributed by atoms with Crippen LogP contribution in [0.15, 0.2) is 16.8 Å². The van der Waals surface area contributed by atoms with E-state index in [1.54, 1.807) is 17.2 Å². The van der Waals surface area contributed by atoms with E-state index in [9.17, 15) is 9.90 Å². The number of methoxy groups -OCH3 is 2. The summed E-state index contributed by atoms with van der Waals surface area (Å²) in [6, 6.07) is 1.90. The molecule has 1 saturated carbocycles. The summed E-state index contributed by atoms with van der Waals surface area (Å²) in [4.78, 5) is 23.3. The third-order valence-corrected chi connectivity index (χ3v) is 6.39. The van der Waals surface area contributed by atoms with Gasteiger partial charge in [0.05, 0.1) is 25.5 Å². The molecule has 9 nitrogen and oxygen atoms in total. The van der Waals surface area contributed by atoms with Crippen LogP contribution in [0.25, 0.3) is 0 Å². The molecule has 3 heterocycles. The van der Waals surface area contributed by atoms with E-state index in [1.807, 2.05) is 13.8 Å². The number of aromatic nitrogens is 3. The molecule has 162 valence electrons. The summed E-state index contributed by atoms with van der Waals surface area (Å²) in [5, 5.41) is 15.9. The standard InChI is InChI=1S/C21H28N4O5/c1-12(2)16-8-17(30-24-16)19(26)25-10-13-6-5-7-14(11-25)21(13,27)15-9-22-20(29-4)23-18(15)28-3/h8-9,12-14,27H,5-7,10-11H2,1-4H3/t13-,14-/m0/s1. The smallest absolute Gasteiger partial charge is 0.319 e. The topological polar surface area (TPSA) is 111 Å². The minimum atomic E-state index is -1.17. The van der Waals surface area contributed by atoms with Gasteiger partial charge in [0.2, 0.25) is 11.6 Å². The second-order valence-electron chi connectivity index (χ2n) is 8.41. The van der Waals surface area contributed by atoms with Crippen molar-refractivity contribution in [3.63, 3.8) is 0 Å². The Morgan fingerprint density at radius 2 is 1.97 bits per heavy atom. The zero-order chi connectivity index (χ0) is 21.5. The second kappa shape index (κ2) is 7.86. The van der Waals surface area contributed by atoms with Crippen LogP contribution in [-0.2, 0) is 5.60 Å². The summed E-state index contributed by atoms with van der Waals surface area (Å²) < 4.78 is 15.8. The molecule has 0 spiro atoms. The molecule has 2 aromatic rings. The highest BCUT2D eigenvalue weighted by atomic mass is 16.5. The predicted molar refractivity (Wildman–Crippen MR) is 106 cm³/mol. The molecule has 0 unspecified atom stereocenters. The fraction of sp³-hybridized carbons (Fsp3) is 0.619. The van der Waals surface area contributed by atoms with Gasteiger partial charge in [-0.3, -0.25) is 4.79 Å². The van der Waals surface area contributed by atoms with Gasteiger partial charge in [-0.2, -0.15) is 4.98 Å². The van der Waals surface area contributed by atoms with Crippen molar-refractivity contribution in [1.82, 2.24) is 20.0 Å². The summed E-state index contributed by atoms with van der Waals surface area (Å²) in [6.45, 7) is 4.83. The molecule has 2 aliphatic rings. The van der Waals surface area contributed by atoms with Crippen molar-refractivity contribution < 1.29 is 23.9 Å².